The molecule has 2 saturated carbocycles. The quantitative estimate of drug-likeness (QED) is 0.596. The summed E-state index contributed by atoms with van der Waals surface area (Å²) in [5.74, 6) is 1.43. The van der Waals surface area contributed by atoms with E-state index in [0.29, 0.717) is 30.0 Å². The molecule has 0 bridgehead atoms. The molecular formula is C23H36O3. The Labute approximate surface area is 158 Å². The highest BCUT2D eigenvalue weighted by Gasteiger charge is 2.65. The van der Waals surface area contributed by atoms with Crippen molar-refractivity contribution in [2.24, 2.45) is 28.6 Å². The highest BCUT2D eigenvalue weighted by molar-refractivity contribution is 5.89. The Morgan fingerprint density at radius 3 is 2.46 bits per heavy atom. The molecule has 0 aromatic carbocycles. The first kappa shape index (κ1) is 18.7. The monoisotopic (exact) mass is 360 g/mol. The van der Waals surface area contributed by atoms with Gasteiger partial charge in [-0.15, -0.1) is 0 Å². The van der Waals surface area contributed by atoms with Crippen LogP contribution in [0.25, 0.3) is 0 Å². The van der Waals surface area contributed by atoms with Crippen LogP contribution in [0, 0.1) is 28.6 Å². The lowest BCUT2D eigenvalue weighted by Crippen LogP contribution is -2.59. The summed E-state index contributed by atoms with van der Waals surface area (Å²) in [7, 11) is 0. The van der Waals surface area contributed by atoms with Crippen LogP contribution in [0.4, 0.5) is 0 Å². The summed E-state index contributed by atoms with van der Waals surface area (Å²) in [5.41, 5.74) is 1.06. The smallest absolute Gasteiger partial charge is 0.164 e. The maximum atomic E-state index is 12.6. The zero-order valence-electron chi connectivity index (χ0n) is 17.6. The predicted octanol–water partition coefficient (Wildman–Crippen LogP) is 5.28. The number of carbonyl (C=O) groups excluding carboxylic acids is 1. The van der Waals surface area contributed by atoms with Gasteiger partial charge in [0.1, 0.15) is 11.4 Å². The van der Waals surface area contributed by atoms with Crippen LogP contribution in [0.1, 0.15) is 80.6 Å². The van der Waals surface area contributed by atoms with Crippen molar-refractivity contribution in [1.29, 1.82) is 0 Å². The maximum absolute atomic E-state index is 12.6. The van der Waals surface area contributed by atoms with Crippen LogP contribution < -0.4 is 0 Å². The standard InChI is InChI=1S/C23H36O3/c1-14(2)23-13-10-16-15(19(23)25-21(5,6)26-23)8-9-17-20(3,4)18(24)11-12-22(16,17)7/h9,14-16,19H,8,10-13H2,1-7H3/t15-,16-,19-,22+,23-/m0/s1. The fourth-order valence-corrected chi connectivity index (χ4v) is 7.02. The Hall–Kier alpha value is -0.670. The molecule has 26 heavy (non-hydrogen) atoms. The zero-order chi connectivity index (χ0) is 19.1. The van der Waals surface area contributed by atoms with Gasteiger partial charge < -0.3 is 9.47 Å². The van der Waals surface area contributed by atoms with E-state index in [1.807, 2.05) is 0 Å². The van der Waals surface area contributed by atoms with Gasteiger partial charge in [0, 0.05) is 11.8 Å². The van der Waals surface area contributed by atoms with Crippen LogP contribution >= 0.6 is 0 Å². The van der Waals surface area contributed by atoms with Gasteiger partial charge in [0.2, 0.25) is 0 Å². The van der Waals surface area contributed by atoms with Crippen molar-refractivity contribution in [3.8, 4) is 0 Å². The van der Waals surface area contributed by atoms with Gasteiger partial charge in [0.25, 0.3) is 0 Å². The van der Waals surface area contributed by atoms with Crippen LogP contribution in [-0.4, -0.2) is 23.3 Å². The summed E-state index contributed by atoms with van der Waals surface area (Å²) in [4.78, 5) is 12.6. The van der Waals surface area contributed by atoms with Gasteiger partial charge in [-0.3, -0.25) is 4.79 Å². The van der Waals surface area contributed by atoms with Gasteiger partial charge >= 0.3 is 0 Å². The summed E-state index contributed by atoms with van der Waals surface area (Å²) in [6, 6.07) is 0. The molecule has 3 aliphatic carbocycles. The predicted molar refractivity (Wildman–Crippen MR) is 103 cm³/mol. The van der Waals surface area contributed by atoms with Gasteiger partial charge in [-0.25, -0.2) is 0 Å². The van der Waals surface area contributed by atoms with Crippen LogP contribution in [0.2, 0.25) is 0 Å². The number of carbonyl (C=O) groups is 1. The highest BCUT2D eigenvalue weighted by Crippen LogP contribution is 2.64. The third-order valence-electron chi connectivity index (χ3n) is 8.33. The molecule has 3 nitrogen and oxygen atoms in total. The number of hydrogen-bond acceptors (Lipinski definition) is 3. The lowest BCUT2D eigenvalue weighted by molar-refractivity contribution is -0.172. The Bertz CT molecular complexity index is 658. The van der Waals surface area contributed by atoms with Gasteiger partial charge in [-0.1, -0.05) is 32.4 Å². The number of ether oxygens (including phenoxy) is 2. The fraction of sp³-hybridized carbons (Fsp3) is 0.870. The molecule has 0 radical (unpaired) electrons. The van der Waals surface area contributed by atoms with E-state index in [1.165, 1.54) is 12.0 Å². The summed E-state index contributed by atoms with van der Waals surface area (Å²) in [5, 5.41) is 0. The van der Waals surface area contributed by atoms with E-state index in [4.69, 9.17) is 9.47 Å². The van der Waals surface area contributed by atoms with Crippen molar-refractivity contribution in [3.63, 3.8) is 0 Å². The average molecular weight is 361 g/mol. The van der Waals surface area contributed by atoms with E-state index in [9.17, 15) is 4.79 Å². The third kappa shape index (κ3) is 2.29. The molecule has 0 aromatic heterocycles. The third-order valence-corrected chi connectivity index (χ3v) is 8.33. The number of rotatable bonds is 1. The molecule has 0 spiro atoms. The van der Waals surface area contributed by atoms with Crippen LogP contribution in [0.5, 0.6) is 0 Å². The molecular weight excluding hydrogens is 324 g/mol. The van der Waals surface area contributed by atoms with Crippen molar-refractivity contribution in [1.82, 2.24) is 0 Å². The van der Waals surface area contributed by atoms with Crippen molar-refractivity contribution in [2.75, 3.05) is 0 Å². The first-order chi connectivity index (χ1) is 11.9. The summed E-state index contributed by atoms with van der Waals surface area (Å²) >= 11 is 0. The van der Waals surface area contributed by atoms with E-state index in [1.54, 1.807) is 0 Å². The fourth-order valence-electron chi connectivity index (χ4n) is 7.02. The van der Waals surface area contributed by atoms with Gasteiger partial charge in [0.15, 0.2) is 5.79 Å². The molecule has 1 aliphatic heterocycles. The number of ketones is 1. The largest absolute Gasteiger partial charge is 0.344 e. The lowest BCUT2D eigenvalue weighted by Gasteiger charge is -2.59. The minimum Gasteiger partial charge on any atom is -0.344 e. The van der Waals surface area contributed by atoms with Crippen LogP contribution in [0.3, 0.4) is 0 Å². The number of fused-ring (bicyclic) bond motifs is 5. The van der Waals surface area contributed by atoms with Crippen molar-refractivity contribution in [3.05, 3.63) is 11.6 Å². The Balaban J connectivity index is 1.76. The van der Waals surface area contributed by atoms with E-state index >= 15 is 0 Å². The molecule has 0 aromatic rings. The highest BCUT2D eigenvalue weighted by atomic mass is 16.8. The molecule has 3 fully saturated rings. The van der Waals surface area contributed by atoms with Crippen LogP contribution in [0.15, 0.2) is 11.6 Å². The molecule has 3 heteroatoms. The average Bonchev–Trinajstić information content (AvgIpc) is 2.83. The van der Waals surface area contributed by atoms with Gasteiger partial charge in [-0.2, -0.15) is 0 Å². The van der Waals surface area contributed by atoms with Crippen molar-refractivity contribution >= 4 is 5.78 Å². The second-order valence-corrected chi connectivity index (χ2v) is 10.8. The molecule has 0 amide bonds. The topological polar surface area (TPSA) is 35.5 Å². The minimum atomic E-state index is -0.503. The second kappa shape index (κ2) is 5.44. The first-order valence-electron chi connectivity index (χ1n) is 10.6. The second-order valence-electron chi connectivity index (χ2n) is 10.8. The molecule has 4 aliphatic rings. The van der Waals surface area contributed by atoms with Gasteiger partial charge in [-0.05, 0) is 76.5 Å². The molecule has 5 atom stereocenters. The maximum Gasteiger partial charge on any atom is 0.164 e. The Morgan fingerprint density at radius 2 is 1.81 bits per heavy atom. The van der Waals surface area contributed by atoms with E-state index in [2.05, 4.69) is 54.5 Å². The SMILES string of the molecule is CC(C)[C@@]12CC[C@H]3[C@H](CC=C4C(C)(C)C(=O)CC[C@@]43C)[C@@H]1OC(C)(C)O2. The summed E-state index contributed by atoms with van der Waals surface area (Å²) in [6.45, 7) is 15.4. The number of Topliss-reactive ketones (excluding diaryl/α,β-unsaturated/α-hetero) is 1. The van der Waals surface area contributed by atoms with E-state index in [0.717, 1.165) is 19.3 Å². The number of hydrogen-bond donors (Lipinski definition) is 0. The summed E-state index contributed by atoms with van der Waals surface area (Å²) < 4.78 is 13.1. The van der Waals surface area contributed by atoms with E-state index in [-0.39, 0.29) is 22.5 Å². The Morgan fingerprint density at radius 1 is 1.12 bits per heavy atom. The van der Waals surface area contributed by atoms with Crippen LogP contribution in [-0.2, 0) is 14.3 Å². The minimum absolute atomic E-state index is 0.125. The lowest BCUT2D eigenvalue weighted by atomic mass is 9.47. The first-order valence-corrected chi connectivity index (χ1v) is 10.6. The molecule has 146 valence electrons. The normalized spacial score (nSPS) is 46.4. The zero-order valence-corrected chi connectivity index (χ0v) is 17.6. The molecule has 4 rings (SSSR count). The van der Waals surface area contributed by atoms with Crippen molar-refractivity contribution < 1.29 is 14.3 Å². The van der Waals surface area contributed by atoms with Crippen molar-refractivity contribution in [2.45, 2.75) is 98.1 Å². The van der Waals surface area contributed by atoms with Gasteiger partial charge in [0.05, 0.1) is 6.10 Å². The molecule has 1 heterocycles. The number of allylic oxidation sites excluding steroid dienone is 2. The molecule has 0 N–H and O–H groups in total. The Kier molecular flexibility index (Phi) is 3.91. The van der Waals surface area contributed by atoms with E-state index < -0.39 is 5.79 Å². The molecule has 1 saturated heterocycles. The molecule has 0 unspecified atom stereocenters. The summed E-state index contributed by atoms with van der Waals surface area (Å²) in [6.07, 6.45) is 7.54.